The van der Waals surface area contributed by atoms with Gasteiger partial charge in [0.2, 0.25) is 5.91 Å². The fourth-order valence-electron chi connectivity index (χ4n) is 5.73. The lowest BCUT2D eigenvalue weighted by Crippen LogP contribution is -2.47. The molecule has 160 valence electrons. The van der Waals surface area contributed by atoms with E-state index in [-0.39, 0.29) is 29.8 Å². The van der Waals surface area contributed by atoms with Gasteiger partial charge in [0, 0.05) is 37.0 Å². The van der Waals surface area contributed by atoms with Crippen molar-refractivity contribution in [2.75, 3.05) is 13.1 Å². The Morgan fingerprint density at radius 3 is 2.24 bits per heavy atom. The van der Waals surface area contributed by atoms with Crippen LogP contribution in [0.4, 0.5) is 0 Å². The van der Waals surface area contributed by atoms with Gasteiger partial charge in [0.15, 0.2) is 0 Å². The van der Waals surface area contributed by atoms with Crippen LogP contribution >= 0.6 is 0 Å². The van der Waals surface area contributed by atoms with Gasteiger partial charge in [0.1, 0.15) is 0 Å². The summed E-state index contributed by atoms with van der Waals surface area (Å²) in [7, 11) is 0. The van der Waals surface area contributed by atoms with Crippen molar-refractivity contribution in [3.8, 4) is 0 Å². The summed E-state index contributed by atoms with van der Waals surface area (Å²) in [6.45, 7) is 5.90. The van der Waals surface area contributed by atoms with Crippen molar-refractivity contribution >= 4 is 11.8 Å². The van der Waals surface area contributed by atoms with Gasteiger partial charge < -0.3 is 9.80 Å². The van der Waals surface area contributed by atoms with Gasteiger partial charge in [-0.05, 0) is 58.8 Å². The fraction of sp³-hybridized carbons (Fsp3) is 0.783. The molecule has 1 aliphatic carbocycles. The van der Waals surface area contributed by atoms with E-state index in [0.29, 0.717) is 5.91 Å². The maximum Gasteiger partial charge on any atom is 0.257 e. The third-order valence-corrected chi connectivity index (χ3v) is 7.50. The van der Waals surface area contributed by atoms with Gasteiger partial charge in [-0.25, -0.2) is 0 Å². The summed E-state index contributed by atoms with van der Waals surface area (Å²) in [5, 5.41) is 7.37. The molecule has 0 radical (unpaired) electrons. The van der Waals surface area contributed by atoms with E-state index in [1.807, 2.05) is 0 Å². The number of nitrogens with zero attached hydrogens (tertiary/aromatic N) is 3. The van der Waals surface area contributed by atoms with Crippen molar-refractivity contribution in [3.63, 3.8) is 0 Å². The number of carbonyl (C=O) groups is 2. The highest BCUT2D eigenvalue weighted by Gasteiger charge is 2.35. The van der Waals surface area contributed by atoms with Crippen LogP contribution in [0.25, 0.3) is 0 Å². The zero-order chi connectivity index (χ0) is 20.4. The van der Waals surface area contributed by atoms with Crippen LogP contribution in [0, 0.1) is 5.92 Å². The first-order chi connectivity index (χ1) is 14.1. The largest absolute Gasteiger partial charge is 0.342 e. The minimum absolute atomic E-state index is 0.120. The van der Waals surface area contributed by atoms with Crippen molar-refractivity contribution in [2.45, 2.75) is 96.1 Å². The molecule has 0 aromatic carbocycles. The Hall–Kier alpha value is -1.85. The zero-order valence-electron chi connectivity index (χ0n) is 18.0. The minimum atomic E-state index is 0.120. The molecule has 2 aliphatic heterocycles. The van der Waals surface area contributed by atoms with Gasteiger partial charge in [0.25, 0.3) is 5.91 Å². The van der Waals surface area contributed by atoms with E-state index in [0.717, 1.165) is 62.9 Å². The molecule has 2 saturated heterocycles. The van der Waals surface area contributed by atoms with Crippen LogP contribution in [0.5, 0.6) is 0 Å². The number of hydrogen-bond donors (Lipinski definition) is 1. The molecule has 1 aromatic rings. The van der Waals surface area contributed by atoms with Gasteiger partial charge in [-0.1, -0.05) is 19.3 Å². The molecule has 6 nitrogen and oxygen atoms in total. The Bertz CT molecular complexity index is 706. The monoisotopic (exact) mass is 400 g/mol. The first-order valence-corrected chi connectivity index (χ1v) is 11.7. The molecule has 2 amide bonds. The summed E-state index contributed by atoms with van der Waals surface area (Å²) >= 11 is 0. The van der Waals surface area contributed by atoms with E-state index in [1.54, 1.807) is 6.20 Å². The topological polar surface area (TPSA) is 69.3 Å². The summed E-state index contributed by atoms with van der Waals surface area (Å²) in [6, 6.07) is 0.563. The zero-order valence-corrected chi connectivity index (χ0v) is 18.0. The Morgan fingerprint density at radius 1 is 0.931 bits per heavy atom. The molecule has 2 atom stereocenters. The van der Waals surface area contributed by atoms with Crippen LogP contribution < -0.4 is 0 Å². The van der Waals surface area contributed by atoms with Crippen molar-refractivity contribution in [2.24, 2.45) is 5.92 Å². The third-order valence-electron chi connectivity index (χ3n) is 7.50. The second-order valence-corrected chi connectivity index (χ2v) is 9.47. The molecule has 4 rings (SSSR count). The lowest BCUT2D eigenvalue weighted by atomic mass is 9.86. The normalized spacial score (nSPS) is 27.2. The number of nitrogens with one attached hydrogen (secondary N) is 1. The Morgan fingerprint density at radius 2 is 1.59 bits per heavy atom. The highest BCUT2D eigenvalue weighted by atomic mass is 16.2. The predicted octanol–water partition coefficient (Wildman–Crippen LogP) is 4.10. The maximum absolute atomic E-state index is 13.3. The second-order valence-electron chi connectivity index (χ2n) is 9.47. The number of hydrogen-bond acceptors (Lipinski definition) is 3. The molecule has 3 aliphatic rings. The Kier molecular flexibility index (Phi) is 6.26. The molecular weight excluding hydrogens is 364 g/mol. The Labute approximate surface area is 174 Å². The van der Waals surface area contributed by atoms with E-state index in [4.69, 9.17) is 0 Å². The first kappa shape index (κ1) is 20.4. The SMILES string of the molecule is C[C@H]1CCC[C@H](C)N1C(=O)c1cn[nH]c1C1CCN(C(=O)C2CCCCC2)CC1. The van der Waals surface area contributed by atoms with Crippen LogP contribution in [0.15, 0.2) is 6.20 Å². The van der Waals surface area contributed by atoms with E-state index < -0.39 is 0 Å². The third kappa shape index (κ3) is 4.22. The molecule has 6 heteroatoms. The summed E-state index contributed by atoms with van der Waals surface area (Å²) < 4.78 is 0. The average molecular weight is 401 g/mol. The minimum Gasteiger partial charge on any atom is -0.342 e. The molecule has 0 bridgehead atoms. The lowest BCUT2D eigenvalue weighted by Gasteiger charge is -2.39. The van der Waals surface area contributed by atoms with E-state index >= 15 is 0 Å². The predicted molar refractivity (Wildman–Crippen MR) is 113 cm³/mol. The quantitative estimate of drug-likeness (QED) is 0.830. The van der Waals surface area contributed by atoms with Gasteiger partial charge in [-0.15, -0.1) is 0 Å². The molecule has 1 N–H and O–H groups in total. The summed E-state index contributed by atoms with van der Waals surface area (Å²) in [6.07, 6.45) is 12.7. The smallest absolute Gasteiger partial charge is 0.257 e. The van der Waals surface area contributed by atoms with Gasteiger partial charge >= 0.3 is 0 Å². The lowest BCUT2D eigenvalue weighted by molar-refractivity contribution is -0.137. The van der Waals surface area contributed by atoms with Crippen molar-refractivity contribution in [3.05, 3.63) is 17.5 Å². The molecule has 0 unspecified atom stereocenters. The Balaban J connectivity index is 1.40. The number of aromatic nitrogens is 2. The van der Waals surface area contributed by atoms with Crippen LogP contribution in [0.2, 0.25) is 0 Å². The molecule has 0 spiro atoms. The highest BCUT2D eigenvalue weighted by molar-refractivity contribution is 5.95. The number of likely N-dealkylation sites (tertiary alicyclic amines) is 2. The standard InChI is InChI=1S/C23H36N4O2/c1-16-7-6-8-17(2)27(16)23(29)20-15-24-25-21(20)18-11-13-26(14-12-18)22(28)19-9-4-3-5-10-19/h15-19H,3-14H2,1-2H3,(H,24,25)/t16-,17-/m0/s1. The van der Waals surface area contributed by atoms with Crippen molar-refractivity contribution in [1.29, 1.82) is 0 Å². The van der Waals surface area contributed by atoms with E-state index in [1.165, 1.54) is 25.7 Å². The summed E-state index contributed by atoms with van der Waals surface area (Å²) in [5.41, 5.74) is 1.72. The van der Waals surface area contributed by atoms with Gasteiger partial charge in [0.05, 0.1) is 17.5 Å². The van der Waals surface area contributed by atoms with Crippen molar-refractivity contribution < 1.29 is 9.59 Å². The number of piperidine rings is 2. The van der Waals surface area contributed by atoms with E-state index in [2.05, 4.69) is 33.8 Å². The number of carbonyl (C=O) groups excluding carboxylic acids is 2. The van der Waals surface area contributed by atoms with Gasteiger partial charge in [-0.3, -0.25) is 14.7 Å². The molecule has 3 fully saturated rings. The summed E-state index contributed by atoms with van der Waals surface area (Å²) in [4.78, 5) is 30.3. The fourth-order valence-corrected chi connectivity index (χ4v) is 5.73. The molecule has 1 saturated carbocycles. The van der Waals surface area contributed by atoms with Crippen LogP contribution in [0.3, 0.4) is 0 Å². The van der Waals surface area contributed by atoms with Crippen LogP contribution in [0.1, 0.15) is 100 Å². The molecule has 1 aromatic heterocycles. The number of aromatic amines is 1. The number of rotatable bonds is 3. The second kappa shape index (κ2) is 8.88. The van der Waals surface area contributed by atoms with Gasteiger partial charge in [-0.2, -0.15) is 5.10 Å². The van der Waals surface area contributed by atoms with Crippen LogP contribution in [-0.2, 0) is 4.79 Å². The molecule has 3 heterocycles. The highest BCUT2D eigenvalue weighted by Crippen LogP contribution is 2.33. The molecular formula is C23H36N4O2. The maximum atomic E-state index is 13.3. The van der Waals surface area contributed by atoms with Crippen molar-refractivity contribution in [1.82, 2.24) is 20.0 Å². The molecule has 29 heavy (non-hydrogen) atoms. The van der Waals surface area contributed by atoms with Crippen LogP contribution in [-0.4, -0.2) is 57.0 Å². The number of H-pyrrole nitrogens is 1. The van der Waals surface area contributed by atoms with E-state index in [9.17, 15) is 9.59 Å². The average Bonchev–Trinajstić information content (AvgIpc) is 3.24. The summed E-state index contributed by atoms with van der Waals surface area (Å²) in [5.74, 6) is 1.00. The number of amides is 2. The first-order valence-electron chi connectivity index (χ1n) is 11.7.